The van der Waals surface area contributed by atoms with E-state index in [4.69, 9.17) is 0 Å². The predicted molar refractivity (Wildman–Crippen MR) is 122 cm³/mol. The topological polar surface area (TPSA) is 59.8 Å². The summed E-state index contributed by atoms with van der Waals surface area (Å²) in [6.07, 6.45) is 0. The Labute approximate surface area is 180 Å². The van der Waals surface area contributed by atoms with Crippen LogP contribution < -0.4 is 5.32 Å². The van der Waals surface area contributed by atoms with E-state index in [1.54, 1.807) is 0 Å². The number of benzene rings is 3. The lowest BCUT2D eigenvalue weighted by molar-refractivity contribution is -0.113. The van der Waals surface area contributed by atoms with Gasteiger partial charge in [-0.3, -0.25) is 9.36 Å². The van der Waals surface area contributed by atoms with Gasteiger partial charge in [-0.05, 0) is 38.1 Å². The number of nitrogens with zero attached hydrogens (tertiary/aromatic N) is 3. The predicted octanol–water partition coefficient (Wildman–Crippen LogP) is 5.28. The first-order valence-corrected chi connectivity index (χ1v) is 10.7. The van der Waals surface area contributed by atoms with Gasteiger partial charge in [0.25, 0.3) is 0 Å². The van der Waals surface area contributed by atoms with E-state index in [-0.39, 0.29) is 11.7 Å². The molecule has 0 bridgehead atoms. The minimum Gasteiger partial charge on any atom is -0.325 e. The lowest BCUT2D eigenvalue weighted by Crippen LogP contribution is -2.14. The van der Waals surface area contributed by atoms with Gasteiger partial charge in [-0.1, -0.05) is 77.5 Å². The van der Waals surface area contributed by atoms with E-state index in [0.717, 1.165) is 28.3 Å². The van der Waals surface area contributed by atoms with Crippen molar-refractivity contribution >= 4 is 23.4 Å². The maximum atomic E-state index is 12.4. The van der Waals surface area contributed by atoms with Crippen molar-refractivity contribution in [3.63, 3.8) is 0 Å². The van der Waals surface area contributed by atoms with Gasteiger partial charge in [0.1, 0.15) is 0 Å². The Hall–Kier alpha value is -3.38. The van der Waals surface area contributed by atoms with Crippen LogP contribution >= 0.6 is 11.8 Å². The molecule has 0 saturated carbocycles. The summed E-state index contributed by atoms with van der Waals surface area (Å²) in [5.41, 5.74) is 5.07. The van der Waals surface area contributed by atoms with Gasteiger partial charge in [-0.2, -0.15) is 0 Å². The third-order valence-corrected chi connectivity index (χ3v) is 5.55. The number of hydrogen-bond acceptors (Lipinski definition) is 4. The average Bonchev–Trinajstić information content (AvgIpc) is 3.19. The van der Waals surface area contributed by atoms with Crippen LogP contribution in [0.5, 0.6) is 0 Å². The number of aryl methyl sites for hydroxylation is 2. The van der Waals surface area contributed by atoms with E-state index in [2.05, 4.69) is 34.6 Å². The van der Waals surface area contributed by atoms with E-state index in [1.165, 1.54) is 17.3 Å². The highest BCUT2D eigenvalue weighted by Crippen LogP contribution is 2.28. The molecule has 150 valence electrons. The summed E-state index contributed by atoms with van der Waals surface area (Å²) in [6.45, 7) is 4.07. The van der Waals surface area contributed by atoms with Gasteiger partial charge in [-0.15, -0.1) is 10.2 Å². The third-order valence-electron chi connectivity index (χ3n) is 4.63. The second-order valence-electron chi connectivity index (χ2n) is 7.05. The minimum atomic E-state index is -0.0802. The fraction of sp³-hybridized carbons (Fsp3) is 0.125. The van der Waals surface area contributed by atoms with Crippen LogP contribution in [0.4, 0.5) is 5.69 Å². The molecule has 1 amide bonds. The molecule has 0 aliphatic rings. The molecule has 0 radical (unpaired) electrons. The second-order valence-corrected chi connectivity index (χ2v) is 7.99. The number of nitrogens with one attached hydrogen (secondary N) is 1. The van der Waals surface area contributed by atoms with Gasteiger partial charge in [0.2, 0.25) is 5.91 Å². The molecule has 30 heavy (non-hydrogen) atoms. The van der Waals surface area contributed by atoms with Crippen LogP contribution in [0, 0.1) is 13.8 Å². The van der Waals surface area contributed by atoms with Crippen molar-refractivity contribution in [3.8, 4) is 17.1 Å². The van der Waals surface area contributed by atoms with Crippen molar-refractivity contribution in [2.24, 2.45) is 0 Å². The molecule has 1 N–H and O–H groups in total. The summed E-state index contributed by atoms with van der Waals surface area (Å²) >= 11 is 1.37. The van der Waals surface area contributed by atoms with E-state index >= 15 is 0 Å². The monoisotopic (exact) mass is 414 g/mol. The first kappa shape index (κ1) is 19.9. The molecule has 5 nitrogen and oxygen atoms in total. The van der Waals surface area contributed by atoms with Crippen LogP contribution in [0.3, 0.4) is 0 Å². The molecule has 0 unspecified atom stereocenters. The zero-order valence-corrected chi connectivity index (χ0v) is 17.7. The quantitative estimate of drug-likeness (QED) is 0.436. The first-order chi connectivity index (χ1) is 14.6. The first-order valence-electron chi connectivity index (χ1n) is 9.67. The van der Waals surface area contributed by atoms with Crippen LogP contribution in [0.25, 0.3) is 17.1 Å². The smallest absolute Gasteiger partial charge is 0.234 e. The molecular formula is C24H22N4OS. The molecule has 1 aromatic heterocycles. The highest BCUT2D eigenvalue weighted by molar-refractivity contribution is 7.99. The Bertz CT molecular complexity index is 1140. The molecule has 0 atom stereocenters. The average molecular weight is 415 g/mol. The van der Waals surface area contributed by atoms with Crippen LogP contribution in [0.1, 0.15) is 11.1 Å². The number of para-hydroxylation sites is 1. The largest absolute Gasteiger partial charge is 0.325 e. The van der Waals surface area contributed by atoms with E-state index < -0.39 is 0 Å². The summed E-state index contributed by atoms with van der Waals surface area (Å²) in [5, 5.41) is 12.4. The third kappa shape index (κ3) is 4.60. The van der Waals surface area contributed by atoms with Gasteiger partial charge >= 0.3 is 0 Å². The number of thioether (sulfide) groups is 1. The minimum absolute atomic E-state index is 0.0802. The van der Waals surface area contributed by atoms with Gasteiger partial charge in [-0.25, -0.2) is 0 Å². The molecule has 6 heteroatoms. The molecule has 0 aliphatic carbocycles. The van der Waals surface area contributed by atoms with Gasteiger partial charge < -0.3 is 5.32 Å². The van der Waals surface area contributed by atoms with Crippen molar-refractivity contribution < 1.29 is 4.79 Å². The van der Waals surface area contributed by atoms with Crippen LogP contribution in [0.2, 0.25) is 0 Å². The zero-order chi connectivity index (χ0) is 20.9. The molecule has 3 aromatic carbocycles. The van der Waals surface area contributed by atoms with Crippen molar-refractivity contribution in [1.82, 2.24) is 14.8 Å². The Kier molecular flexibility index (Phi) is 5.95. The normalized spacial score (nSPS) is 10.7. The molecule has 0 saturated heterocycles. The summed E-state index contributed by atoms with van der Waals surface area (Å²) in [5.74, 6) is 0.915. The van der Waals surface area contributed by atoms with E-state index in [0.29, 0.717) is 5.16 Å². The Morgan fingerprint density at radius 3 is 2.17 bits per heavy atom. The van der Waals surface area contributed by atoms with Gasteiger partial charge in [0.05, 0.1) is 5.75 Å². The summed E-state index contributed by atoms with van der Waals surface area (Å²) in [7, 11) is 0. The molecular weight excluding hydrogens is 392 g/mol. The number of amides is 1. The standard InChI is InChI=1S/C24H22N4OS/c1-17-8-12-19(13-9-17)23-26-27-24(28(23)21-6-4-3-5-7-21)30-16-22(29)25-20-14-10-18(2)11-15-20/h3-15H,16H2,1-2H3,(H,25,29). The SMILES string of the molecule is Cc1ccc(NC(=O)CSc2nnc(-c3ccc(C)cc3)n2-c2ccccc2)cc1. The number of aromatic nitrogens is 3. The second kappa shape index (κ2) is 8.97. The fourth-order valence-corrected chi connectivity index (χ4v) is 3.78. The van der Waals surface area contributed by atoms with Crippen LogP contribution in [0.15, 0.2) is 84.0 Å². The number of carbonyl (C=O) groups excluding carboxylic acids is 1. The van der Waals surface area contributed by atoms with Gasteiger partial charge in [0.15, 0.2) is 11.0 Å². The van der Waals surface area contributed by atoms with E-state index in [1.807, 2.05) is 78.2 Å². The van der Waals surface area contributed by atoms with Crippen LogP contribution in [-0.4, -0.2) is 26.4 Å². The Balaban J connectivity index is 1.57. The van der Waals surface area contributed by atoms with E-state index in [9.17, 15) is 4.79 Å². The van der Waals surface area contributed by atoms with Crippen molar-refractivity contribution in [2.45, 2.75) is 19.0 Å². The number of anilines is 1. The molecule has 0 fully saturated rings. The van der Waals surface area contributed by atoms with Crippen molar-refractivity contribution in [2.75, 3.05) is 11.1 Å². The van der Waals surface area contributed by atoms with Crippen LogP contribution in [-0.2, 0) is 4.79 Å². The number of hydrogen-bond donors (Lipinski definition) is 1. The highest BCUT2D eigenvalue weighted by atomic mass is 32.2. The number of rotatable bonds is 6. The Morgan fingerprint density at radius 2 is 1.50 bits per heavy atom. The summed E-state index contributed by atoms with van der Waals surface area (Å²) < 4.78 is 1.99. The molecule has 0 spiro atoms. The maximum absolute atomic E-state index is 12.4. The number of carbonyl (C=O) groups is 1. The lowest BCUT2D eigenvalue weighted by Gasteiger charge is -2.10. The fourth-order valence-electron chi connectivity index (χ4n) is 3.03. The lowest BCUT2D eigenvalue weighted by atomic mass is 10.1. The molecule has 0 aliphatic heterocycles. The van der Waals surface area contributed by atoms with Gasteiger partial charge in [0, 0.05) is 16.9 Å². The van der Waals surface area contributed by atoms with Crippen molar-refractivity contribution in [3.05, 3.63) is 90.0 Å². The highest BCUT2D eigenvalue weighted by Gasteiger charge is 2.17. The zero-order valence-electron chi connectivity index (χ0n) is 16.9. The summed E-state index contributed by atoms with van der Waals surface area (Å²) in [6, 6.07) is 25.9. The Morgan fingerprint density at radius 1 is 0.867 bits per heavy atom. The molecule has 4 rings (SSSR count). The van der Waals surface area contributed by atoms with Crippen molar-refractivity contribution in [1.29, 1.82) is 0 Å². The summed E-state index contributed by atoms with van der Waals surface area (Å²) in [4.78, 5) is 12.4. The molecule has 4 aromatic rings. The maximum Gasteiger partial charge on any atom is 0.234 e. The molecule has 1 heterocycles.